The molecule has 0 aliphatic carbocycles. The molecule has 3 rings (SSSR count). The van der Waals surface area contributed by atoms with Crippen molar-refractivity contribution in [3.8, 4) is 0 Å². The van der Waals surface area contributed by atoms with E-state index in [1.807, 2.05) is 0 Å². The van der Waals surface area contributed by atoms with Crippen LogP contribution in [0.25, 0.3) is 0 Å². The Labute approximate surface area is 248 Å². The second-order valence-corrected chi connectivity index (χ2v) is 11.4. The van der Waals surface area contributed by atoms with Gasteiger partial charge in [0.2, 0.25) is 5.91 Å². The monoisotopic (exact) mass is 627 g/mol. The number of benzene rings is 1. The average Bonchev–Trinajstić information content (AvgIpc) is 3.41. The molecule has 0 saturated heterocycles. The summed E-state index contributed by atoms with van der Waals surface area (Å²) in [7, 11) is 1.71. The van der Waals surface area contributed by atoms with Crippen molar-refractivity contribution in [2.24, 2.45) is 7.05 Å². The van der Waals surface area contributed by atoms with E-state index in [1.54, 1.807) is 45.4 Å². The number of amides is 2. The summed E-state index contributed by atoms with van der Waals surface area (Å²) in [6.07, 6.45) is 0. The minimum atomic E-state index is -0.665. The minimum Gasteiger partial charge on any atom is -0.462 e. The van der Waals surface area contributed by atoms with E-state index in [2.05, 4.69) is 20.8 Å². The second-order valence-electron chi connectivity index (χ2n) is 8.22. The fourth-order valence-corrected chi connectivity index (χ4v) is 5.82. The third kappa shape index (κ3) is 7.33. The Morgan fingerprint density at radius 2 is 1.77 bits per heavy atom. The Bertz CT molecular complexity index is 1440. The van der Waals surface area contributed by atoms with Crippen molar-refractivity contribution in [2.45, 2.75) is 44.6 Å². The van der Waals surface area contributed by atoms with Crippen LogP contribution in [-0.2, 0) is 27.9 Å². The summed E-state index contributed by atoms with van der Waals surface area (Å²) in [5.74, 6) is -1.62. The summed E-state index contributed by atoms with van der Waals surface area (Å²) in [4.78, 5) is 50.8. The van der Waals surface area contributed by atoms with Crippen LogP contribution in [0.1, 0.15) is 62.5 Å². The van der Waals surface area contributed by atoms with Gasteiger partial charge in [-0.2, -0.15) is 0 Å². The van der Waals surface area contributed by atoms with Gasteiger partial charge >= 0.3 is 11.9 Å². The number of hydrogen-bond donors (Lipinski definition) is 2. The number of hydrogen-bond acceptors (Lipinski definition) is 10. The molecule has 2 heterocycles. The number of esters is 2. The van der Waals surface area contributed by atoms with E-state index < -0.39 is 29.0 Å². The number of ether oxygens (including phenoxy) is 2. The molecule has 1 atom stereocenters. The van der Waals surface area contributed by atoms with Crippen molar-refractivity contribution in [3.63, 3.8) is 0 Å². The molecule has 0 aliphatic rings. The predicted molar refractivity (Wildman–Crippen MR) is 154 cm³/mol. The van der Waals surface area contributed by atoms with E-state index in [0.29, 0.717) is 21.6 Å². The Kier molecular flexibility index (Phi) is 11.0. The molecule has 0 radical (unpaired) electrons. The molecule has 1 aromatic carbocycles. The van der Waals surface area contributed by atoms with Gasteiger partial charge in [0.05, 0.1) is 41.2 Å². The maximum atomic E-state index is 13.1. The summed E-state index contributed by atoms with van der Waals surface area (Å²) in [5.41, 5.74) is 0.751. The lowest BCUT2D eigenvalue weighted by Gasteiger charge is -2.12. The molecule has 0 spiro atoms. The van der Waals surface area contributed by atoms with Gasteiger partial charge in [0.15, 0.2) is 11.0 Å². The first kappa shape index (κ1) is 31.4. The molecular formula is C25H27Cl2N5O6S2. The molecular weight excluding hydrogens is 601 g/mol. The first-order valence-corrected chi connectivity index (χ1v) is 14.5. The molecule has 214 valence electrons. The number of anilines is 1. The van der Waals surface area contributed by atoms with Gasteiger partial charge in [-0.3, -0.25) is 9.59 Å². The summed E-state index contributed by atoms with van der Waals surface area (Å²) in [6.45, 7) is 6.96. The van der Waals surface area contributed by atoms with Crippen molar-refractivity contribution < 1.29 is 28.7 Å². The number of aromatic nitrogens is 3. The normalized spacial score (nSPS) is 11.6. The van der Waals surface area contributed by atoms with Crippen LogP contribution in [0.2, 0.25) is 10.0 Å². The molecule has 2 amide bonds. The number of nitrogens with one attached hydrogen (secondary N) is 2. The zero-order valence-electron chi connectivity index (χ0n) is 22.3. The SMILES string of the molecule is CCOC(=O)c1sc(NC(=O)[C@H](C)Sc2nnc(CNC(=O)c3ccc(Cl)cc3Cl)n2C)c(C(=O)OCC)c1C. The van der Waals surface area contributed by atoms with E-state index in [4.69, 9.17) is 32.7 Å². The number of thiophene rings is 1. The molecule has 0 unspecified atom stereocenters. The maximum Gasteiger partial charge on any atom is 0.348 e. The van der Waals surface area contributed by atoms with Crippen molar-refractivity contribution in [2.75, 3.05) is 18.5 Å². The lowest BCUT2D eigenvalue weighted by atomic mass is 10.1. The number of rotatable bonds is 11. The highest BCUT2D eigenvalue weighted by molar-refractivity contribution is 8.00. The summed E-state index contributed by atoms with van der Waals surface area (Å²) >= 11 is 14.1. The van der Waals surface area contributed by atoms with Gasteiger partial charge in [0.1, 0.15) is 9.88 Å². The quantitative estimate of drug-likeness (QED) is 0.224. The highest BCUT2D eigenvalue weighted by atomic mass is 35.5. The van der Waals surface area contributed by atoms with E-state index in [0.717, 1.165) is 23.1 Å². The van der Waals surface area contributed by atoms with Crippen LogP contribution >= 0.6 is 46.3 Å². The number of carbonyl (C=O) groups excluding carboxylic acids is 4. The van der Waals surface area contributed by atoms with E-state index >= 15 is 0 Å². The maximum absolute atomic E-state index is 13.1. The predicted octanol–water partition coefficient (Wildman–Crippen LogP) is 4.89. The van der Waals surface area contributed by atoms with Gasteiger partial charge in [-0.05, 0) is 51.5 Å². The molecule has 0 fully saturated rings. The number of thioether (sulfide) groups is 1. The molecule has 0 saturated carbocycles. The Morgan fingerprint density at radius 3 is 2.42 bits per heavy atom. The first-order chi connectivity index (χ1) is 19.0. The number of halogens is 2. The lowest BCUT2D eigenvalue weighted by molar-refractivity contribution is -0.115. The van der Waals surface area contributed by atoms with Crippen LogP contribution in [0, 0.1) is 6.92 Å². The molecule has 40 heavy (non-hydrogen) atoms. The van der Waals surface area contributed by atoms with E-state index in [1.165, 1.54) is 12.1 Å². The number of carbonyl (C=O) groups is 4. The van der Waals surface area contributed by atoms with Crippen LogP contribution in [0.15, 0.2) is 23.4 Å². The average molecular weight is 629 g/mol. The molecule has 2 N–H and O–H groups in total. The highest BCUT2D eigenvalue weighted by Crippen LogP contribution is 2.35. The Balaban J connectivity index is 1.70. The lowest BCUT2D eigenvalue weighted by Crippen LogP contribution is -2.25. The largest absolute Gasteiger partial charge is 0.462 e. The van der Waals surface area contributed by atoms with Crippen LogP contribution < -0.4 is 10.6 Å². The van der Waals surface area contributed by atoms with Crippen LogP contribution in [0.3, 0.4) is 0 Å². The fourth-order valence-electron chi connectivity index (χ4n) is 3.40. The van der Waals surface area contributed by atoms with Crippen LogP contribution in [0.4, 0.5) is 5.00 Å². The summed E-state index contributed by atoms with van der Waals surface area (Å²) < 4.78 is 11.9. The number of nitrogens with zero attached hydrogens (tertiary/aromatic N) is 3. The minimum absolute atomic E-state index is 0.0659. The zero-order valence-corrected chi connectivity index (χ0v) is 25.4. The molecule has 0 bridgehead atoms. The van der Waals surface area contributed by atoms with Crippen molar-refractivity contribution >= 4 is 75.1 Å². The molecule has 0 aliphatic heterocycles. The van der Waals surface area contributed by atoms with Gasteiger partial charge in [-0.25, -0.2) is 9.59 Å². The topological polar surface area (TPSA) is 142 Å². The van der Waals surface area contributed by atoms with Crippen molar-refractivity contribution in [1.82, 2.24) is 20.1 Å². The van der Waals surface area contributed by atoms with Crippen LogP contribution in [0.5, 0.6) is 0 Å². The third-order valence-corrected chi connectivity index (χ3v) is 8.35. The highest BCUT2D eigenvalue weighted by Gasteiger charge is 2.29. The molecule has 11 nitrogen and oxygen atoms in total. The fraction of sp³-hybridized carbons (Fsp3) is 0.360. The zero-order chi connectivity index (χ0) is 29.6. The van der Waals surface area contributed by atoms with E-state index in [-0.39, 0.29) is 45.8 Å². The van der Waals surface area contributed by atoms with Gasteiger partial charge in [0.25, 0.3) is 5.91 Å². The van der Waals surface area contributed by atoms with Gasteiger partial charge in [-0.1, -0.05) is 35.0 Å². The van der Waals surface area contributed by atoms with Crippen molar-refractivity contribution in [1.29, 1.82) is 0 Å². The Morgan fingerprint density at radius 1 is 1.10 bits per heavy atom. The first-order valence-electron chi connectivity index (χ1n) is 12.0. The second kappa shape index (κ2) is 14.0. The van der Waals surface area contributed by atoms with Gasteiger partial charge < -0.3 is 24.7 Å². The standard InChI is InChI=1S/C25H27Cl2N5O6S2/c1-6-37-23(35)18-12(3)19(24(36)38-7-2)40-22(18)29-20(33)13(4)39-25-31-30-17(32(25)5)11-28-21(34)15-9-8-14(26)10-16(15)27/h8-10,13H,6-7,11H2,1-5H3,(H,28,34)(H,29,33)/t13-/m0/s1. The molecule has 3 aromatic rings. The van der Waals surface area contributed by atoms with Gasteiger partial charge in [0, 0.05) is 12.1 Å². The summed E-state index contributed by atoms with van der Waals surface area (Å²) in [5, 5.41) is 14.3. The van der Waals surface area contributed by atoms with E-state index in [9.17, 15) is 19.2 Å². The molecule has 2 aromatic heterocycles. The smallest absolute Gasteiger partial charge is 0.348 e. The Hall–Kier alpha value is -3.13. The van der Waals surface area contributed by atoms with Gasteiger partial charge in [-0.15, -0.1) is 21.5 Å². The van der Waals surface area contributed by atoms with Crippen molar-refractivity contribution in [3.05, 3.63) is 55.6 Å². The van der Waals surface area contributed by atoms with Crippen LogP contribution in [-0.4, -0.2) is 57.0 Å². The molecule has 15 heteroatoms. The summed E-state index contributed by atoms with van der Waals surface area (Å²) in [6, 6.07) is 4.57. The third-order valence-electron chi connectivity index (χ3n) is 5.48.